The second-order valence-electron chi connectivity index (χ2n) is 8.92. The van der Waals surface area contributed by atoms with E-state index in [1.807, 2.05) is 0 Å². The van der Waals surface area contributed by atoms with Crippen molar-refractivity contribution in [3.63, 3.8) is 0 Å². The monoisotopic (exact) mass is 426 g/mol. The van der Waals surface area contributed by atoms with Gasteiger partial charge in [-0.05, 0) is 36.5 Å². The molecule has 0 amide bonds. The molecule has 0 spiro atoms. The number of carbonyl (C=O) groups excluding carboxylic acids is 2. The van der Waals surface area contributed by atoms with Crippen LogP contribution in [0.3, 0.4) is 0 Å². The van der Waals surface area contributed by atoms with Crippen LogP contribution in [0, 0.1) is 23.7 Å². The van der Waals surface area contributed by atoms with E-state index >= 15 is 0 Å². The maximum atomic E-state index is 11.9. The molecule has 0 saturated carbocycles. The summed E-state index contributed by atoms with van der Waals surface area (Å²) in [4.78, 5) is 23.8. The maximum absolute atomic E-state index is 11.9. The van der Waals surface area contributed by atoms with Crippen LogP contribution < -0.4 is 0 Å². The lowest BCUT2D eigenvalue weighted by Crippen LogP contribution is -2.22. The third-order valence-electron chi connectivity index (χ3n) is 7.12. The molecule has 30 heavy (non-hydrogen) atoms. The predicted molar refractivity (Wildman–Crippen MR) is 125 cm³/mol. The molecular formula is C26H50O4. The van der Waals surface area contributed by atoms with Gasteiger partial charge in [0.25, 0.3) is 0 Å². The fourth-order valence-electron chi connectivity index (χ4n) is 4.20. The van der Waals surface area contributed by atoms with E-state index in [2.05, 4.69) is 41.5 Å². The Morgan fingerprint density at radius 2 is 0.733 bits per heavy atom. The second-order valence-corrected chi connectivity index (χ2v) is 8.92. The van der Waals surface area contributed by atoms with Crippen LogP contribution in [-0.2, 0) is 19.1 Å². The minimum atomic E-state index is -0.838. The smallest absolute Gasteiger partial charge is 0.417 e. The predicted octanol–water partition coefficient (Wildman–Crippen LogP) is 7.34. The number of ether oxygens (including phenoxy) is 2. The third kappa shape index (κ3) is 13.3. The Morgan fingerprint density at radius 1 is 0.467 bits per heavy atom. The molecule has 0 N–H and O–H groups in total. The molecular weight excluding hydrogens is 376 g/mol. The van der Waals surface area contributed by atoms with Crippen LogP contribution >= 0.6 is 0 Å². The first-order valence-corrected chi connectivity index (χ1v) is 12.8. The van der Waals surface area contributed by atoms with Crippen LogP contribution in [-0.4, -0.2) is 25.2 Å². The minimum Gasteiger partial charge on any atom is -0.457 e. The van der Waals surface area contributed by atoms with Gasteiger partial charge in [-0.25, -0.2) is 9.59 Å². The lowest BCUT2D eigenvalue weighted by atomic mass is 9.89. The Hall–Kier alpha value is -1.06. The van der Waals surface area contributed by atoms with Crippen LogP contribution in [0.1, 0.15) is 119 Å². The van der Waals surface area contributed by atoms with E-state index in [0.29, 0.717) is 25.0 Å². The van der Waals surface area contributed by atoms with E-state index in [9.17, 15) is 9.59 Å². The molecule has 0 bridgehead atoms. The Bertz CT molecular complexity index is 387. The quantitative estimate of drug-likeness (QED) is 0.170. The molecule has 0 fully saturated rings. The van der Waals surface area contributed by atoms with Gasteiger partial charge >= 0.3 is 11.9 Å². The van der Waals surface area contributed by atoms with Gasteiger partial charge in [0.05, 0.1) is 13.2 Å². The topological polar surface area (TPSA) is 52.6 Å². The van der Waals surface area contributed by atoms with Crippen LogP contribution in [0.2, 0.25) is 0 Å². The number of hydrogen-bond acceptors (Lipinski definition) is 4. The molecule has 0 aromatic rings. The first kappa shape index (κ1) is 28.9. The van der Waals surface area contributed by atoms with Gasteiger partial charge < -0.3 is 9.47 Å². The summed E-state index contributed by atoms with van der Waals surface area (Å²) in [6.45, 7) is 14.0. The summed E-state index contributed by atoms with van der Waals surface area (Å²) in [5, 5.41) is 0. The number of rotatable bonds is 18. The molecule has 0 heterocycles. The standard InChI is InChI=1S/C26H50O4/c1-7-21(8-2)13-15-23(11-5)17-19-29-25(27)26(28)30-20-18-24(12-6)16-14-22(9-3)10-4/h21-24H,7-20H2,1-6H3. The van der Waals surface area contributed by atoms with Crippen LogP contribution in [0.5, 0.6) is 0 Å². The summed E-state index contributed by atoms with van der Waals surface area (Å²) in [7, 11) is 0. The summed E-state index contributed by atoms with van der Waals surface area (Å²) >= 11 is 0. The van der Waals surface area contributed by atoms with Gasteiger partial charge in [-0.1, -0.05) is 106 Å². The summed E-state index contributed by atoms with van der Waals surface area (Å²) in [6.07, 6.45) is 13.5. The number of hydrogen-bond donors (Lipinski definition) is 0. The minimum absolute atomic E-state index is 0.308. The van der Waals surface area contributed by atoms with Crippen molar-refractivity contribution in [2.75, 3.05) is 13.2 Å². The first-order chi connectivity index (χ1) is 14.4. The van der Waals surface area contributed by atoms with E-state index in [1.54, 1.807) is 0 Å². The Kier molecular flexibility index (Phi) is 18.0. The zero-order chi connectivity index (χ0) is 22.8. The van der Waals surface area contributed by atoms with Gasteiger partial charge in [-0.15, -0.1) is 0 Å². The van der Waals surface area contributed by atoms with Crippen molar-refractivity contribution in [3.05, 3.63) is 0 Å². The lowest BCUT2D eigenvalue weighted by molar-refractivity contribution is -0.168. The second kappa shape index (κ2) is 18.7. The van der Waals surface area contributed by atoms with E-state index in [1.165, 1.54) is 51.4 Å². The summed E-state index contributed by atoms with van der Waals surface area (Å²) in [6, 6.07) is 0. The molecule has 2 unspecified atom stereocenters. The van der Waals surface area contributed by atoms with Crippen molar-refractivity contribution in [1.29, 1.82) is 0 Å². The van der Waals surface area contributed by atoms with E-state index in [-0.39, 0.29) is 0 Å². The van der Waals surface area contributed by atoms with Crippen LogP contribution in [0.25, 0.3) is 0 Å². The molecule has 0 saturated heterocycles. The fraction of sp³-hybridized carbons (Fsp3) is 0.923. The molecule has 0 rings (SSSR count). The highest BCUT2D eigenvalue weighted by atomic mass is 16.6. The van der Waals surface area contributed by atoms with Crippen molar-refractivity contribution in [3.8, 4) is 0 Å². The average Bonchev–Trinajstić information content (AvgIpc) is 2.77. The number of carbonyl (C=O) groups is 2. The molecule has 0 aromatic heterocycles. The fourth-order valence-corrected chi connectivity index (χ4v) is 4.20. The van der Waals surface area contributed by atoms with Gasteiger partial charge in [0.15, 0.2) is 0 Å². The first-order valence-electron chi connectivity index (χ1n) is 12.8. The average molecular weight is 427 g/mol. The van der Waals surface area contributed by atoms with Crippen LogP contribution in [0.15, 0.2) is 0 Å². The van der Waals surface area contributed by atoms with Gasteiger partial charge in [-0.2, -0.15) is 0 Å². The largest absolute Gasteiger partial charge is 0.457 e. The zero-order valence-electron chi connectivity index (χ0n) is 20.8. The Morgan fingerprint density at radius 3 is 1.00 bits per heavy atom. The maximum Gasteiger partial charge on any atom is 0.417 e. The summed E-state index contributed by atoms with van der Waals surface area (Å²) in [5.41, 5.74) is 0. The van der Waals surface area contributed by atoms with Crippen molar-refractivity contribution >= 4 is 11.9 Å². The van der Waals surface area contributed by atoms with Crippen molar-refractivity contribution in [1.82, 2.24) is 0 Å². The highest BCUT2D eigenvalue weighted by Gasteiger charge is 2.19. The SMILES string of the molecule is CCC(CC)CCC(CC)CCOC(=O)C(=O)OCCC(CC)CCC(CC)CC. The molecule has 0 aliphatic heterocycles. The summed E-state index contributed by atoms with van der Waals surface area (Å²) < 4.78 is 10.3. The third-order valence-corrected chi connectivity index (χ3v) is 7.12. The molecule has 4 nitrogen and oxygen atoms in total. The summed E-state index contributed by atoms with van der Waals surface area (Å²) in [5.74, 6) is 1.01. The lowest BCUT2D eigenvalue weighted by Gasteiger charge is -2.19. The molecule has 0 radical (unpaired) electrons. The normalized spacial score (nSPS) is 13.5. The van der Waals surface area contributed by atoms with Crippen LogP contribution in [0.4, 0.5) is 0 Å². The molecule has 0 aromatic carbocycles. The molecule has 4 heteroatoms. The number of esters is 2. The van der Waals surface area contributed by atoms with Crippen molar-refractivity contribution in [2.45, 2.75) is 119 Å². The molecule has 0 aliphatic carbocycles. The van der Waals surface area contributed by atoms with E-state index in [0.717, 1.165) is 37.5 Å². The molecule has 178 valence electrons. The van der Waals surface area contributed by atoms with E-state index < -0.39 is 11.9 Å². The Balaban J connectivity index is 4.07. The molecule has 0 aliphatic rings. The zero-order valence-corrected chi connectivity index (χ0v) is 20.8. The highest BCUT2D eigenvalue weighted by molar-refractivity contribution is 6.29. The Labute approximate surface area is 186 Å². The van der Waals surface area contributed by atoms with Gasteiger partial charge in [-0.3, -0.25) is 0 Å². The van der Waals surface area contributed by atoms with Gasteiger partial charge in [0.1, 0.15) is 0 Å². The van der Waals surface area contributed by atoms with Gasteiger partial charge in [0.2, 0.25) is 0 Å². The van der Waals surface area contributed by atoms with Gasteiger partial charge in [0, 0.05) is 0 Å². The highest BCUT2D eigenvalue weighted by Crippen LogP contribution is 2.23. The molecule has 2 atom stereocenters. The van der Waals surface area contributed by atoms with Crippen molar-refractivity contribution < 1.29 is 19.1 Å². The van der Waals surface area contributed by atoms with E-state index in [4.69, 9.17) is 9.47 Å². The van der Waals surface area contributed by atoms with Crippen molar-refractivity contribution in [2.24, 2.45) is 23.7 Å².